The van der Waals surface area contributed by atoms with Crippen molar-refractivity contribution in [2.45, 2.75) is 72.1 Å². The van der Waals surface area contributed by atoms with E-state index in [4.69, 9.17) is 15.2 Å². The number of pyridine rings is 3. The molecule has 4 heterocycles. The number of amides is 2. The molecule has 0 aromatic carbocycles. The smallest absolute Gasteiger partial charge is 0.416 e. The number of nitrogens with zero attached hydrogens (tertiary/aromatic N) is 5. The predicted molar refractivity (Wildman–Crippen MR) is 147 cm³/mol. The minimum Gasteiger partial charge on any atom is -0.444 e. The van der Waals surface area contributed by atoms with Gasteiger partial charge in [0.15, 0.2) is 0 Å². The van der Waals surface area contributed by atoms with Crippen molar-refractivity contribution < 1.29 is 19.1 Å². The van der Waals surface area contributed by atoms with E-state index in [0.717, 1.165) is 16.5 Å². The maximum Gasteiger partial charge on any atom is 0.416 e. The largest absolute Gasteiger partial charge is 0.444 e. The molecule has 0 radical (unpaired) electrons. The molecule has 0 saturated carbocycles. The quantitative estimate of drug-likeness (QED) is 0.491. The predicted octanol–water partition coefficient (Wildman–Crippen LogP) is 5.33. The van der Waals surface area contributed by atoms with Crippen LogP contribution in [0, 0.1) is 6.92 Å². The Morgan fingerprint density at radius 1 is 1.08 bits per heavy atom. The van der Waals surface area contributed by atoms with Crippen LogP contribution in [0.3, 0.4) is 0 Å². The first-order chi connectivity index (χ1) is 17.7. The Morgan fingerprint density at radius 2 is 1.79 bits per heavy atom. The summed E-state index contributed by atoms with van der Waals surface area (Å²) in [6.07, 6.45) is 4.70. The van der Waals surface area contributed by atoms with E-state index in [0.29, 0.717) is 42.2 Å². The standard InChI is InChI=1S/C28H36N6O4/c1-17-8-10-30-14-20(17)22-12-18-13-23(31-15-21(18)24(29)32-22)34(26(36)38-28(5,6)7)19-9-11-33(16-19)25(35)37-27(2,3)4/h8,10,12-15,19H,9,11,16H2,1-7H3,(H2,29,32). The van der Waals surface area contributed by atoms with Crippen LogP contribution >= 0.6 is 0 Å². The number of nitrogens with two attached hydrogens (primary N) is 1. The van der Waals surface area contributed by atoms with E-state index >= 15 is 0 Å². The molecule has 1 aliphatic heterocycles. The van der Waals surface area contributed by atoms with Gasteiger partial charge in [-0.3, -0.25) is 9.88 Å². The zero-order valence-corrected chi connectivity index (χ0v) is 23.1. The number of fused-ring (bicyclic) bond motifs is 1. The van der Waals surface area contributed by atoms with Crippen LogP contribution in [-0.2, 0) is 9.47 Å². The van der Waals surface area contributed by atoms with Crippen molar-refractivity contribution in [3.8, 4) is 11.3 Å². The number of likely N-dealkylation sites (tertiary alicyclic amines) is 1. The average Bonchev–Trinajstić information content (AvgIpc) is 3.27. The first-order valence-electron chi connectivity index (χ1n) is 12.7. The lowest BCUT2D eigenvalue weighted by atomic mass is 10.1. The van der Waals surface area contributed by atoms with Crippen molar-refractivity contribution in [1.82, 2.24) is 19.9 Å². The number of anilines is 2. The summed E-state index contributed by atoms with van der Waals surface area (Å²) in [5.41, 5.74) is 7.54. The van der Waals surface area contributed by atoms with Gasteiger partial charge in [0.25, 0.3) is 0 Å². The summed E-state index contributed by atoms with van der Waals surface area (Å²) >= 11 is 0. The van der Waals surface area contributed by atoms with Crippen molar-refractivity contribution in [3.63, 3.8) is 0 Å². The number of aromatic nitrogens is 3. The Bertz CT molecular complexity index is 1360. The maximum atomic E-state index is 13.5. The van der Waals surface area contributed by atoms with E-state index in [1.54, 1.807) is 23.5 Å². The van der Waals surface area contributed by atoms with Gasteiger partial charge in [-0.1, -0.05) is 0 Å². The minimum absolute atomic E-state index is 0.298. The molecule has 4 rings (SSSR count). The van der Waals surface area contributed by atoms with Crippen LogP contribution in [0.15, 0.2) is 36.8 Å². The van der Waals surface area contributed by atoms with Crippen LogP contribution in [-0.4, -0.2) is 62.4 Å². The number of ether oxygens (including phenoxy) is 2. The highest BCUT2D eigenvalue weighted by Gasteiger charge is 2.38. The molecule has 0 bridgehead atoms. The second-order valence-electron chi connectivity index (χ2n) is 11.6. The Labute approximate surface area is 223 Å². The molecular weight excluding hydrogens is 484 g/mol. The molecule has 0 spiro atoms. The highest BCUT2D eigenvalue weighted by molar-refractivity contribution is 5.97. The number of carbonyl (C=O) groups excluding carboxylic acids is 2. The van der Waals surface area contributed by atoms with Gasteiger partial charge in [0.05, 0.1) is 11.7 Å². The van der Waals surface area contributed by atoms with Crippen LogP contribution < -0.4 is 10.6 Å². The fraction of sp³-hybridized carbons (Fsp3) is 0.464. The molecule has 1 fully saturated rings. The highest BCUT2D eigenvalue weighted by atomic mass is 16.6. The molecule has 0 aliphatic carbocycles. The van der Waals surface area contributed by atoms with Gasteiger partial charge >= 0.3 is 12.2 Å². The van der Waals surface area contributed by atoms with Crippen LogP contribution in [0.25, 0.3) is 22.0 Å². The van der Waals surface area contributed by atoms with Gasteiger partial charge in [0.2, 0.25) is 0 Å². The normalized spacial score (nSPS) is 16.0. The lowest BCUT2D eigenvalue weighted by Crippen LogP contribution is -2.46. The lowest BCUT2D eigenvalue weighted by Gasteiger charge is -2.31. The molecular formula is C28H36N6O4. The van der Waals surface area contributed by atoms with Crippen LogP contribution in [0.2, 0.25) is 0 Å². The third kappa shape index (κ3) is 6.12. The second kappa shape index (κ2) is 10.1. The first kappa shape index (κ1) is 27.1. The van der Waals surface area contributed by atoms with Gasteiger partial charge in [0.1, 0.15) is 22.8 Å². The van der Waals surface area contributed by atoms with Gasteiger partial charge < -0.3 is 20.1 Å². The summed E-state index contributed by atoms with van der Waals surface area (Å²) in [6, 6.07) is 5.29. The van der Waals surface area contributed by atoms with Crippen molar-refractivity contribution in [2.24, 2.45) is 0 Å². The van der Waals surface area contributed by atoms with E-state index in [-0.39, 0.29) is 6.04 Å². The first-order valence-corrected chi connectivity index (χ1v) is 12.7. The molecule has 1 unspecified atom stereocenters. The molecule has 3 aromatic rings. The molecule has 1 atom stereocenters. The maximum absolute atomic E-state index is 13.5. The van der Waals surface area contributed by atoms with Crippen LogP contribution in [0.4, 0.5) is 21.2 Å². The Balaban J connectivity index is 1.72. The van der Waals surface area contributed by atoms with Gasteiger partial charge in [-0.15, -0.1) is 0 Å². The van der Waals surface area contributed by atoms with Gasteiger partial charge in [-0.05, 0) is 84.0 Å². The average molecular weight is 521 g/mol. The zero-order chi connectivity index (χ0) is 27.8. The van der Waals surface area contributed by atoms with E-state index in [1.165, 1.54) is 4.90 Å². The third-order valence-electron chi connectivity index (χ3n) is 6.06. The molecule has 10 nitrogen and oxygen atoms in total. The number of nitrogen functional groups attached to an aromatic ring is 1. The lowest BCUT2D eigenvalue weighted by molar-refractivity contribution is 0.0287. The summed E-state index contributed by atoms with van der Waals surface area (Å²) in [6.45, 7) is 13.6. The van der Waals surface area contributed by atoms with Gasteiger partial charge in [-0.2, -0.15) is 0 Å². The number of aryl methyl sites for hydroxylation is 1. The number of hydrogen-bond acceptors (Lipinski definition) is 8. The zero-order valence-electron chi connectivity index (χ0n) is 23.1. The fourth-order valence-electron chi connectivity index (χ4n) is 4.35. The van der Waals surface area contributed by atoms with Crippen LogP contribution in [0.5, 0.6) is 0 Å². The summed E-state index contributed by atoms with van der Waals surface area (Å²) in [5.74, 6) is 0.739. The van der Waals surface area contributed by atoms with Crippen molar-refractivity contribution in [1.29, 1.82) is 0 Å². The summed E-state index contributed by atoms with van der Waals surface area (Å²) in [7, 11) is 0. The monoisotopic (exact) mass is 520 g/mol. The Kier molecular flexibility index (Phi) is 7.18. The summed E-state index contributed by atoms with van der Waals surface area (Å²) in [4.78, 5) is 42.7. The molecule has 1 saturated heterocycles. The fourth-order valence-corrected chi connectivity index (χ4v) is 4.35. The molecule has 3 aromatic heterocycles. The number of hydrogen-bond donors (Lipinski definition) is 1. The number of carbonyl (C=O) groups is 2. The second-order valence-corrected chi connectivity index (χ2v) is 11.6. The molecule has 10 heteroatoms. The molecule has 202 valence electrons. The van der Waals surface area contributed by atoms with Crippen molar-refractivity contribution >= 4 is 34.6 Å². The van der Waals surface area contributed by atoms with E-state index in [2.05, 4.69) is 15.0 Å². The number of rotatable bonds is 3. The van der Waals surface area contributed by atoms with E-state index < -0.39 is 23.4 Å². The third-order valence-corrected chi connectivity index (χ3v) is 6.06. The summed E-state index contributed by atoms with van der Waals surface area (Å²) < 4.78 is 11.3. The molecule has 2 amide bonds. The molecule has 1 aliphatic rings. The van der Waals surface area contributed by atoms with Crippen LogP contribution in [0.1, 0.15) is 53.5 Å². The minimum atomic E-state index is -0.713. The van der Waals surface area contributed by atoms with Gasteiger partial charge in [0, 0.05) is 42.6 Å². The van der Waals surface area contributed by atoms with E-state index in [9.17, 15) is 9.59 Å². The highest BCUT2D eigenvalue weighted by Crippen LogP contribution is 2.32. The molecule has 38 heavy (non-hydrogen) atoms. The van der Waals surface area contributed by atoms with Crippen molar-refractivity contribution in [2.75, 3.05) is 23.7 Å². The van der Waals surface area contributed by atoms with Gasteiger partial charge in [-0.25, -0.2) is 19.6 Å². The van der Waals surface area contributed by atoms with E-state index in [1.807, 2.05) is 66.7 Å². The Hall–Kier alpha value is -3.95. The van der Waals surface area contributed by atoms with Crippen molar-refractivity contribution in [3.05, 3.63) is 42.4 Å². The Morgan fingerprint density at radius 3 is 2.45 bits per heavy atom. The topological polar surface area (TPSA) is 124 Å². The summed E-state index contributed by atoms with van der Waals surface area (Å²) in [5, 5.41) is 1.45. The SMILES string of the molecule is Cc1ccncc1-c1cc2cc(N(C(=O)OC(C)(C)C)C3CCN(C(=O)OC(C)(C)C)C3)ncc2c(N)n1. The molecule has 2 N–H and O–H groups in total.